The molecule has 0 spiro atoms. The molecule has 3 heterocycles. The topological polar surface area (TPSA) is 101 Å². The molecule has 1 saturated heterocycles. The van der Waals surface area contributed by atoms with Crippen molar-refractivity contribution in [3.8, 4) is 0 Å². The Bertz CT molecular complexity index is 1280. The Balaban J connectivity index is 1.29. The van der Waals surface area contributed by atoms with Crippen LogP contribution in [0.3, 0.4) is 0 Å². The molecular formula is C26H25N5O3S. The SMILES string of the molecule is CC1CCN(c2ccc(Cc3ncc4c(n3)S/C(=C/c3ccc([N+](=O)[O-])cc3)C(=O)N4)cc2)CC1. The van der Waals surface area contributed by atoms with E-state index < -0.39 is 4.92 Å². The van der Waals surface area contributed by atoms with Gasteiger partial charge in [-0.25, -0.2) is 9.97 Å². The fourth-order valence-electron chi connectivity index (χ4n) is 4.20. The Morgan fingerprint density at radius 2 is 1.86 bits per heavy atom. The van der Waals surface area contributed by atoms with Crippen LogP contribution in [0.25, 0.3) is 6.08 Å². The predicted molar refractivity (Wildman–Crippen MR) is 137 cm³/mol. The number of anilines is 2. The van der Waals surface area contributed by atoms with Crippen LogP contribution in [0, 0.1) is 16.0 Å². The molecule has 35 heavy (non-hydrogen) atoms. The summed E-state index contributed by atoms with van der Waals surface area (Å²) in [6.07, 6.45) is 6.42. The number of hydrogen-bond acceptors (Lipinski definition) is 7. The van der Waals surface area contributed by atoms with Crippen molar-refractivity contribution >= 4 is 40.8 Å². The van der Waals surface area contributed by atoms with Gasteiger partial charge in [-0.05, 0) is 60.2 Å². The van der Waals surface area contributed by atoms with Crippen LogP contribution in [0.2, 0.25) is 0 Å². The first kappa shape index (κ1) is 23.0. The second-order valence-electron chi connectivity index (χ2n) is 8.93. The van der Waals surface area contributed by atoms with E-state index in [0.29, 0.717) is 33.4 Å². The summed E-state index contributed by atoms with van der Waals surface area (Å²) in [5, 5.41) is 14.4. The molecule has 5 rings (SSSR count). The summed E-state index contributed by atoms with van der Waals surface area (Å²) in [5.74, 6) is 1.24. The van der Waals surface area contributed by atoms with Crippen LogP contribution < -0.4 is 10.2 Å². The molecule has 2 aromatic carbocycles. The Kier molecular flexibility index (Phi) is 6.50. The summed E-state index contributed by atoms with van der Waals surface area (Å²) in [5.41, 5.74) is 3.68. The predicted octanol–water partition coefficient (Wildman–Crippen LogP) is 5.30. The van der Waals surface area contributed by atoms with Gasteiger partial charge in [0.2, 0.25) is 0 Å². The number of amides is 1. The molecule has 9 heteroatoms. The van der Waals surface area contributed by atoms with Crippen LogP contribution in [0.1, 0.15) is 36.7 Å². The number of carbonyl (C=O) groups is 1. The highest BCUT2D eigenvalue weighted by atomic mass is 32.2. The molecule has 3 aromatic rings. The molecule has 0 aliphatic carbocycles. The van der Waals surface area contributed by atoms with Gasteiger partial charge in [-0.3, -0.25) is 14.9 Å². The molecule has 178 valence electrons. The van der Waals surface area contributed by atoms with Gasteiger partial charge in [0, 0.05) is 37.3 Å². The standard InChI is InChI=1S/C26H25N5O3S/c1-17-10-12-30(13-11-17)20-6-2-19(3-7-20)15-24-27-16-22-26(29-24)35-23(25(32)28-22)14-18-4-8-21(9-5-18)31(33)34/h2-9,14,16-17H,10-13,15H2,1H3,(H,28,32)/b23-14+. The van der Waals surface area contributed by atoms with Crippen molar-refractivity contribution in [2.45, 2.75) is 31.2 Å². The summed E-state index contributed by atoms with van der Waals surface area (Å²) >= 11 is 1.27. The molecule has 2 aliphatic heterocycles. The van der Waals surface area contributed by atoms with Gasteiger partial charge in [0.1, 0.15) is 10.9 Å². The molecule has 1 fully saturated rings. The van der Waals surface area contributed by atoms with Gasteiger partial charge in [-0.2, -0.15) is 0 Å². The van der Waals surface area contributed by atoms with Gasteiger partial charge in [0.25, 0.3) is 11.6 Å². The number of benzene rings is 2. The second-order valence-corrected chi connectivity index (χ2v) is 9.96. The number of piperidine rings is 1. The number of nitrogens with zero attached hydrogens (tertiary/aromatic N) is 4. The Labute approximate surface area is 207 Å². The monoisotopic (exact) mass is 487 g/mol. The molecule has 0 atom stereocenters. The molecular weight excluding hydrogens is 462 g/mol. The maximum Gasteiger partial charge on any atom is 0.269 e. The lowest BCUT2D eigenvalue weighted by molar-refractivity contribution is -0.384. The molecule has 0 bridgehead atoms. The summed E-state index contributed by atoms with van der Waals surface area (Å²) in [7, 11) is 0. The largest absolute Gasteiger partial charge is 0.372 e. The van der Waals surface area contributed by atoms with Gasteiger partial charge >= 0.3 is 0 Å². The van der Waals surface area contributed by atoms with E-state index in [-0.39, 0.29) is 11.6 Å². The van der Waals surface area contributed by atoms with Crippen molar-refractivity contribution in [3.05, 3.63) is 86.7 Å². The number of hydrogen-bond donors (Lipinski definition) is 1. The molecule has 1 N–H and O–H groups in total. The van der Waals surface area contributed by atoms with E-state index >= 15 is 0 Å². The average Bonchev–Trinajstić information content (AvgIpc) is 2.86. The first-order valence-corrected chi connectivity index (χ1v) is 12.4. The van der Waals surface area contributed by atoms with E-state index in [1.54, 1.807) is 24.4 Å². The third-order valence-electron chi connectivity index (χ3n) is 6.33. The van der Waals surface area contributed by atoms with Crippen molar-refractivity contribution in [1.29, 1.82) is 0 Å². The quantitative estimate of drug-likeness (QED) is 0.226. The van der Waals surface area contributed by atoms with E-state index in [9.17, 15) is 14.9 Å². The van der Waals surface area contributed by atoms with Gasteiger partial charge in [0.15, 0.2) is 0 Å². The van der Waals surface area contributed by atoms with Crippen molar-refractivity contribution in [2.24, 2.45) is 5.92 Å². The molecule has 0 unspecified atom stereocenters. The third-order valence-corrected chi connectivity index (χ3v) is 7.36. The van der Waals surface area contributed by atoms with E-state index in [1.165, 1.54) is 42.4 Å². The minimum absolute atomic E-state index is 0.00851. The van der Waals surface area contributed by atoms with Crippen molar-refractivity contribution in [1.82, 2.24) is 9.97 Å². The minimum Gasteiger partial charge on any atom is -0.372 e. The number of non-ortho nitro benzene ring substituents is 1. The fraction of sp³-hybridized carbons (Fsp3) is 0.269. The van der Waals surface area contributed by atoms with Crippen molar-refractivity contribution < 1.29 is 9.72 Å². The van der Waals surface area contributed by atoms with Crippen LogP contribution >= 0.6 is 11.8 Å². The molecule has 0 radical (unpaired) electrons. The number of fused-ring (bicyclic) bond motifs is 1. The zero-order valence-electron chi connectivity index (χ0n) is 19.3. The molecule has 2 aliphatic rings. The Morgan fingerprint density at radius 3 is 2.54 bits per heavy atom. The first-order valence-electron chi connectivity index (χ1n) is 11.6. The summed E-state index contributed by atoms with van der Waals surface area (Å²) in [4.78, 5) is 35.0. The average molecular weight is 488 g/mol. The van der Waals surface area contributed by atoms with Gasteiger partial charge < -0.3 is 10.2 Å². The van der Waals surface area contributed by atoms with Crippen molar-refractivity contribution in [3.63, 3.8) is 0 Å². The molecule has 0 saturated carbocycles. The molecule has 1 aromatic heterocycles. The number of thioether (sulfide) groups is 1. The van der Waals surface area contributed by atoms with Crippen LogP contribution in [-0.2, 0) is 11.2 Å². The lowest BCUT2D eigenvalue weighted by Gasteiger charge is -2.32. The summed E-state index contributed by atoms with van der Waals surface area (Å²) in [6, 6.07) is 14.7. The third kappa shape index (κ3) is 5.35. The maximum atomic E-state index is 12.5. The lowest BCUT2D eigenvalue weighted by atomic mass is 9.98. The number of nitro groups is 1. The molecule has 8 nitrogen and oxygen atoms in total. The fourth-order valence-corrected chi connectivity index (χ4v) is 5.11. The number of nitro benzene ring substituents is 1. The number of carbonyl (C=O) groups excluding carboxylic acids is 1. The minimum atomic E-state index is -0.449. The van der Waals surface area contributed by atoms with Crippen molar-refractivity contribution in [2.75, 3.05) is 23.3 Å². The molecule has 1 amide bonds. The van der Waals surface area contributed by atoms with Gasteiger partial charge in [0.05, 0.1) is 21.7 Å². The van der Waals surface area contributed by atoms with Gasteiger partial charge in [-0.1, -0.05) is 30.8 Å². The Hall–Kier alpha value is -3.72. The van der Waals surface area contributed by atoms with Crippen LogP contribution in [0.5, 0.6) is 0 Å². The first-order chi connectivity index (χ1) is 16.9. The number of rotatable bonds is 5. The zero-order chi connectivity index (χ0) is 24.4. The van der Waals surface area contributed by atoms with E-state index in [0.717, 1.165) is 24.6 Å². The zero-order valence-corrected chi connectivity index (χ0v) is 20.1. The maximum absolute atomic E-state index is 12.5. The highest BCUT2D eigenvalue weighted by Crippen LogP contribution is 2.37. The van der Waals surface area contributed by atoms with Gasteiger partial charge in [-0.15, -0.1) is 0 Å². The van der Waals surface area contributed by atoms with E-state index in [4.69, 9.17) is 0 Å². The normalized spacial score (nSPS) is 17.2. The number of aromatic nitrogens is 2. The van der Waals surface area contributed by atoms with Crippen LogP contribution in [0.4, 0.5) is 17.1 Å². The lowest BCUT2D eigenvalue weighted by Crippen LogP contribution is -2.32. The summed E-state index contributed by atoms with van der Waals surface area (Å²) in [6.45, 7) is 4.53. The summed E-state index contributed by atoms with van der Waals surface area (Å²) < 4.78 is 0. The van der Waals surface area contributed by atoms with E-state index in [2.05, 4.69) is 51.4 Å². The second kappa shape index (κ2) is 9.87. The number of nitrogens with one attached hydrogen (secondary N) is 1. The van der Waals surface area contributed by atoms with Crippen LogP contribution in [0.15, 0.2) is 64.7 Å². The highest BCUT2D eigenvalue weighted by molar-refractivity contribution is 8.04. The highest BCUT2D eigenvalue weighted by Gasteiger charge is 2.23. The Morgan fingerprint density at radius 1 is 1.14 bits per heavy atom. The smallest absolute Gasteiger partial charge is 0.269 e. The van der Waals surface area contributed by atoms with Crippen LogP contribution in [-0.4, -0.2) is 33.9 Å². The van der Waals surface area contributed by atoms with E-state index in [1.807, 2.05) is 0 Å².